The maximum Gasteiger partial charge on any atom is 0.250 e. The molecule has 0 aliphatic heterocycles. The lowest BCUT2D eigenvalue weighted by atomic mass is 10.1. The van der Waals surface area contributed by atoms with Crippen LogP contribution in [0.5, 0.6) is 0 Å². The van der Waals surface area contributed by atoms with Crippen LogP contribution in [-0.2, 0) is 6.54 Å². The summed E-state index contributed by atoms with van der Waals surface area (Å²) in [6, 6.07) is 5.52. The quantitative estimate of drug-likeness (QED) is 0.729. The number of alkyl halides is 2. The van der Waals surface area contributed by atoms with E-state index in [1.807, 2.05) is 19.1 Å². The van der Waals surface area contributed by atoms with Crippen molar-refractivity contribution in [2.24, 2.45) is 0 Å². The van der Waals surface area contributed by atoms with Gasteiger partial charge in [-0.05, 0) is 24.1 Å². The Morgan fingerprint density at radius 2 is 2.14 bits per heavy atom. The predicted octanol–water partition coefficient (Wildman–Crippen LogP) is 1.93. The number of rotatable bonds is 4. The summed E-state index contributed by atoms with van der Waals surface area (Å²) in [5, 5.41) is 2.66. The van der Waals surface area contributed by atoms with Gasteiger partial charge in [0.05, 0.1) is 6.54 Å². The first-order chi connectivity index (χ1) is 6.59. The molecule has 0 aliphatic carbocycles. The van der Waals surface area contributed by atoms with Crippen LogP contribution >= 0.6 is 0 Å². The highest BCUT2D eigenvalue weighted by molar-refractivity contribution is 5.47. The smallest absolute Gasteiger partial charge is 0.250 e. The zero-order chi connectivity index (χ0) is 10.6. The molecular formula is C10H14F2N2. The normalized spacial score (nSPS) is 10.9. The van der Waals surface area contributed by atoms with Crippen LogP contribution in [0.25, 0.3) is 0 Å². The number of halogens is 2. The fourth-order valence-electron chi connectivity index (χ4n) is 1.17. The van der Waals surface area contributed by atoms with Crippen LogP contribution < -0.4 is 11.1 Å². The lowest BCUT2D eigenvalue weighted by molar-refractivity contribution is 0.145. The van der Waals surface area contributed by atoms with Crippen molar-refractivity contribution in [1.29, 1.82) is 0 Å². The molecule has 4 heteroatoms. The van der Waals surface area contributed by atoms with Gasteiger partial charge in [0.25, 0.3) is 6.43 Å². The van der Waals surface area contributed by atoms with Crippen molar-refractivity contribution in [3.8, 4) is 0 Å². The fourth-order valence-corrected chi connectivity index (χ4v) is 1.17. The Hall–Kier alpha value is -1.16. The molecule has 0 heterocycles. The van der Waals surface area contributed by atoms with Crippen LogP contribution in [0, 0.1) is 6.92 Å². The summed E-state index contributed by atoms with van der Waals surface area (Å²) < 4.78 is 23.6. The minimum Gasteiger partial charge on any atom is -0.399 e. The molecule has 0 unspecified atom stereocenters. The number of nitrogens with one attached hydrogen (secondary N) is 1. The molecule has 3 N–H and O–H groups in total. The van der Waals surface area contributed by atoms with Crippen LogP contribution in [0.1, 0.15) is 11.1 Å². The van der Waals surface area contributed by atoms with Gasteiger partial charge in [-0.2, -0.15) is 0 Å². The molecule has 0 radical (unpaired) electrons. The molecule has 0 spiro atoms. The Labute approximate surface area is 82.1 Å². The molecule has 0 amide bonds. The number of nitrogens with two attached hydrogens (primary N) is 1. The maximum absolute atomic E-state index is 11.8. The molecular weight excluding hydrogens is 186 g/mol. The molecule has 0 fully saturated rings. The van der Waals surface area contributed by atoms with E-state index in [9.17, 15) is 8.78 Å². The fraction of sp³-hybridized carbons (Fsp3) is 0.400. The second-order valence-electron chi connectivity index (χ2n) is 3.21. The number of benzene rings is 1. The molecule has 1 rings (SSSR count). The van der Waals surface area contributed by atoms with Crippen LogP contribution in [0.2, 0.25) is 0 Å². The van der Waals surface area contributed by atoms with E-state index in [-0.39, 0.29) is 6.54 Å². The van der Waals surface area contributed by atoms with Gasteiger partial charge in [0, 0.05) is 12.2 Å². The van der Waals surface area contributed by atoms with Crippen molar-refractivity contribution in [3.63, 3.8) is 0 Å². The molecule has 2 nitrogen and oxygen atoms in total. The molecule has 1 aromatic carbocycles. The molecule has 1 aromatic rings. The highest BCUT2D eigenvalue weighted by Crippen LogP contribution is 2.12. The van der Waals surface area contributed by atoms with Crippen molar-refractivity contribution in [1.82, 2.24) is 5.32 Å². The molecule has 78 valence electrons. The van der Waals surface area contributed by atoms with Crippen molar-refractivity contribution in [2.45, 2.75) is 19.9 Å². The number of hydrogen-bond acceptors (Lipinski definition) is 2. The van der Waals surface area contributed by atoms with E-state index in [0.29, 0.717) is 6.54 Å². The number of hydrogen-bond donors (Lipinski definition) is 2. The molecule has 0 aliphatic rings. The van der Waals surface area contributed by atoms with Gasteiger partial charge in [-0.25, -0.2) is 8.78 Å². The van der Waals surface area contributed by atoms with Gasteiger partial charge >= 0.3 is 0 Å². The lowest BCUT2D eigenvalue weighted by Gasteiger charge is -2.06. The Morgan fingerprint density at radius 3 is 2.71 bits per heavy atom. The lowest BCUT2D eigenvalue weighted by Crippen LogP contribution is -2.20. The molecule has 0 bridgehead atoms. The molecule has 0 saturated carbocycles. The Kier molecular flexibility index (Phi) is 3.83. The average molecular weight is 200 g/mol. The van der Waals surface area contributed by atoms with Gasteiger partial charge in [0.15, 0.2) is 0 Å². The largest absolute Gasteiger partial charge is 0.399 e. The third kappa shape index (κ3) is 3.30. The molecule has 14 heavy (non-hydrogen) atoms. The summed E-state index contributed by atoms with van der Waals surface area (Å²) in [7, 11) is 0. The SMILES string of the molecule is Cc1cc(CNCC(F)F)ccc1N. The summed E-state index contributed by atoms with van der Waals surface area (Å²) in [5.41, 5.74) is 8.29. The number of anilines is 1. The second kappa shape index (κ2) is 4.91. The van der Waals surface area contributed by atoms with Crippen molar-refractivity contribution < 1.29 is 8.78 Å². The first-order valence-electron chi connectivity index (χ1n) is 4.43. The van der Waals surface area contributed by atoms with Gasteiger partial charge < -0.3 is 11.1 Å². The van der Waals surface area contributed by atoms with Crippen LogP contribution in [0.4, 0.5) is 14.5 Å². The first kappa shape index (κ1) is 10.9. The van der Waals surface area contributed by atoms with E-state index >= 15 is 0 Å². The first-order valence-corrected chi connectivity index (χ1v) is 4.43. The zero-order valence-electron chi connectivity index (χ0n) is 8.06. The summed E-state index contributed by atoms with van der Waals surface area (Å²) >= 11 is 0. The average Bonchev–Trinajstić information content (AvgIpc) is 2.10. The molecule has 0 atom stereocenters. The highest BCUT2D eigenvalue weighted by atomic mass is 19.3. The van der Waals surface area contributed by atoms with Gasteiger partial charge in [-0.15, -0.1) is 0 Å². The third-order valence-corrected chi connectivity index (χ3v) is 1.96. The standard InChI is InChI=1S/C10H14F2N2/c1-7-4-8(2-3-9(7)13)5-14-6-10(11)12/h2-4,10,14H,5-6,13H2,1H3. The maximum atomic E-state index is 11.8. The predicted molar refractivity (Wildman–Crippen MR) is 53.3 cm³/mol. The van der Waals surface area contributed by atoms with E-state index in [4.69, 9.17) is 5.73 Å². The Bertz CT molecular complexity index is 300. The van der Waals surface area contributed by atoms with E-state index in [0.717, 1.165) is 16.8 Å². The van der Waals surface area contributed by atoms with Gasteiger partial charge in [0.1, 0.15) is 0 Å². The van der Waals surface area contributed by atoms with Crippen LogP contribution in [0.15, 0.2) is 18.2 Å². The number of aryl methyl sites for hydroxylation is 1. The summed E-state index contributed by atoms with van der Waals surface area (Å²) in [5.74, 6) is 0. The number of nitrogen functional groups attached to an aromatic ring is 1. The zero-order valence-corrected chi connectivity index (χ0v) is 8.06. The van der Waals surface area contributed by atoms with E-state index < -0.39 is 6.43 Å². The summed E-state index contributed by atoms with van der Waals surface area (Å²) in [6.45, 7) is 2.07. The van der Waals surface area contributed by atoms with Gasteiger partial charge in [-0.1, -0.05) is 12.1 Å². The molecule has 0 saturated heterocycles. The summed E-state index contributed by atoms with van der Waals surface area (Å²) in [6.07, 6.45) is -2.30. The summed E-state index contributed by atoms with van der Waals surface area (Å²) in [4.78, 5) is 0. The second-order valence-corrected chi connectivity index (χ2v) is 3.21. The van der Waals surface area contributed by atoms with Crippen molar-refractivity contribution >= 4 is 5.69 Å². The molecule has 0 aromatic heterocycles. The topological polar surface area (TPSA) is 38.0 Å². The highest BCUT2D eigenvalue weighted by Gasteiger charge is 2.01. The van der Waals surface area contributed by atoms with Crippen molar-refractivity contribution in [3.05, 3.63) is 29.3 Å². The van der Waals surface area contributed by atoms with E-state index in [2.05, 4.69) is 5.32 Å². The monoisotopic (exact) mass is 200 g/mol. The van der Waals surface area contributed by atoms with Crippen molar-refractivity contribution in [2.75, 3.05) is 12.3 Å². The van der Waals surface area contributed by atoms with Crippen LogP contribution in [0.3, 0.4) is 0 Å². The van der Waals surface area contributed by atoms with Gasteiger partial charge in [0.2, 0.25) is 0 Å². The third-order valence-electron chi connectivity index (χ3n) is 1.96. The van der Waals surface area contributed by atoms with E-state index in [1.54, 1.807) is 6.07 Å². The van der Waals surface area contributed by atoms with Gasteiger partial charge in [-0.3, -0.25) is 0 Å². The Balaban J connectivity index is 2.47. The minimum atomic E-state index is -2.30. The minimum absolute atomic E-state index is 0.274. The van der Waals surface area contributed by atoms with E-state index in [1.165, 1.54) is 0 Å². The Morgan fingerprint density at radius 1 is 1.43 bits per heavy atom. The van der Waals surface area contributed by atoms with Crippen LogP contribution in [-0.4, -0.2) is 13.0 Å².